The monoisotopic (exact) mass is 424 g/mol. The topological polar surface area (TPSA) is 77.1 Å². The molecule has 0 unspecified atom stereocenters. The number of halogens is 1. The predicted molar refractivity (Wildman–Crippen MR) is 108 cm³/mol. The molecule has 0 bridgehead atoms. The highest BCUT2D eigenvalue weighted by Gasteiger charge is 2.28. The van der Waals surface area contributed by atoms with Gasteiger partial charge in [0.25, 0.3) is 0 Å². The average Bonchev–Trinajstić information content (AvgIpc) is 2.73. The molecule has 29 heavy (non-hydrogen) atoms. The number of hydrogen-bond donors (Lipinski definition) is 1. The predicted octanol–water partition coefficient (Wildman–Crippen LogP) is 2.80. The normalized spacial score (nSPS) is 15.2. The number of methoxy groups -OCH3 is 3. The molecule has 2 aromatic rings. The van der Waals surface area contributed by atoms with Gasteiger partial charge in [-0.15, -0.1) is 0 Å². The number of sulfonamides is 1. The summed E-state index contributed by atoms with van der Waals surface area (Å²) in [6.45, 7) is 1.38. The highest BCUT2D eigenvalue weighted by Crippen LogP contribution is 2.32. The fourth-order valence-electron chi connectivity index (χ4n) is 3.37. The summed E-state index contributed by atoms with van der Waals surface area (Å²) >= 11 is 0. The lowest BCUT2D eigenvalue weighted by Crippen LogP contribution is -2.44. The van der Waals surface area contributed by atoms with E-state index in [0.717, 1.165) is 23.6 Å². The molecule has 1 saturated heterocycles. The Bertz CT molecular complexity index is 942. The summed E-state index contributed by atoms with van der Waals surface area (Å²) in [4.78, 5) is 1.73. The molecule has 0 aliphatic carbocycles. The maximum Gasteiger partial charge on any atom is 0.243 e. The van der Waals surface area contributed by atoms with E-state index in [2.05, 4.69) is 9.62 Å². The van der Waals surface area contributed by atoms with Crippen LogP contribution in [0.15, 0.2) is 41.3 Å². The van der Waals surface area contributed by atoms with Crippen molar-refractivity contribution in [3.05, 3.63) is 42.2 Å². The maximum atomic E-state index is 14.4. The molecule has 0 aromatic heterocycles. The van der Waals surface area contributed by atoms with Crippen LogP contribution >= 0.6 is 0 Å². The van der Waals surface area contributed by atoms with Crippen LogP contribution < -0.4 is 23.8 Å². The van der Waals surface area contributed by atoms with E-state index in [1.807, 2.05) is 24.3 Å². The molecule has 0 spiro atoms. The second-order valence-corrected chi connectivity index (χ2v) is 8.40. The highest BCUT2D eigenvalue weighted by atomic mass is 32.2. The van der Waals surface area contributed by atoms with E-state index in [-0.39, 0.29) is 17.5 Å². The van der Waals surface area contributed by atoms with Crippen molar-refractivity contribution in [2.45, 2.75) is 23.8 Å². The van der Waals surface area contributed by atoms with Gasteiger partial charge in [-0.2, -0.15) is 0 Å². The van der Waals surface area contributed by atoms with Crippen molar-refractivity contribution in [2.24, 2.45) is 0 Å². The minimum Gasteiger partial charge on any atom is -0.497 e. The van der Waals surface area contributed by atoms with Crippen LogP contribution in [0.1, 0.15) is 12.8 Å². The summed E-state index contributed by atoms with van der Waals surface area (Å²) in [7, 11) is 0.315. The molecule has 1 heterocycles. The second-order valence-electron chi connectivity index (χ2n) is 6.72. The van der Waals surface area contributed by atoms with Crippen LogP contribution in [0.5, 0.6) is 17.2 Å². The minimum absolute atomic E-state index is 0.136. The smallest absolute Gasteiger partial charge is 0.243 e. The van der Waals surface area contributed by atoms with Crippen LogP contribution in [-0.2, 0) is 10.0 Å². The van der Waals surface area contributed by atoms with Crippen molar-refractivity contribution >= 4 is 15.7 Å². The largest absolute Gasteiger partial charge is 0.497 e. The van der Waals surface area contributed by atoms with Gasteiger partial charge in [0.05, 0.1) is 21.3 Å². The van der Waals surface area contributed by atoms with Crippen molar-refractivity contribution in [1.82, 2.24) is 4.72 Å². The Morgan fingerprint density at radius 2 is 1.55 bits per heavy atom. The number of ether oxygens (including phenoxy) is 3. The van der Waals surface area contributed by atoms with Crippen LogP contribution in [0, 0.1) is 5.82 Å². The SMILES string of the molecule is COc1ccc(N2CCC(NS(=O)(=O)c3cc(OC)c(OC)cc3F)CC2)cc1. The molecule has 2 aromatic carbocycles. The number of piperidine rings is 1. The molecule has 3 rings (SSSR count). The van der Waals surface area contributed by atoms with Gasteiger partial charge >= 0.3 is 0 Å². The van der Waals surface area contributed by atoms with Crippen LogP contribution in [0.3, 0.4) is 0 Å². The fourth-order valence-corrected chi connectivity index (χ4v) is 4.75. The molecule has 0 atom stereocenters. The molecule has 0 amide bonds. The first-order chi connectivity index (χ1) is 13.9. The quantitative estimate of drug-likeness (QED) is 0.737. The van der Waals surface area contributed by atoms with Crippen LogP contribution in [-0.4, -0.2) is 48.9 Å². The van der Waals surface area contributed by atoms with E-state index in [0.29, 0.717) is 25.9 Å². The van der Waals surface area contributed by atoms with E-state index in [9.17, 15) is 12.8 Å². The second kappa shape index (κ2) is 8.87. The summed E-state index contributed by atoms with van der Waals surface area (Å²) in [5.41, 5.74) is 1.05. The van der Waals surface area contributed by atoms with Gasteiger partial charge in [0, 0.05) is 37.0 Å². The summed E-state index contributed by atoms with van der Waals surface area (Å²) in [5, 5.41) is 0. The molecular weight excluding hydrogens is 399 g/mol. The van der Waals surface area contributed by atoms with E-state index >= 15 is 0 Å². The van der Waals surface area contributed by atoms with Crippen molar-refractivity contribution in [3.63, 3.8) is 0 Å². The standard InChI is InChI=1S/C20H25FN2O5S/c1-26-16-6-4-15(5-7-16)23-10-8-14(9-11-23)22-29(24,25)20-13-19(28-3)18(27-2)12-17(20)21/h4-7,12-14,22H,8-11H2,1-3H3. The molecule has 1 aliphatic rings. The molecular formula is C20H25FN2O5S. The number of hydrogen-bond acceptors (Lipinski definition) is 6. The lowest BCUT2D eigenvalue weighted by molar-refractivity contribution is 0.350. The van der Waals surface area contributed by atoms with Crippen molar-refractivity contribution in [2.75, 3.05) is 39.3 Å². The van der Waals surface area contributed by atoms with Gasteiger partial charge < -0.3 is 19.1 Å². The highest BCUT2D eigenvalue weighted by molar-refractivity contribution is 7.89. The third-order valence-corrected chi connectivity index (χ3v) is 6.52. The molecule has 1 N–H and O–H groups in total. The third-order valence-electron chi connectivity index (χ3n) is 4.98. The summed E-state index contributed by atoms with van der Waals surface area (Å²) in [6, 6.07) is 9.61. The van der Waals surface area contributed by atoms with Gasteiger partial charge in [0.15, 0.2) is 11.5 Å². The van der Waals surface area contributed by atoms with Gasteiger partial charge in [-0.25, -0.2) is 17.5 Å². The van der Waals surface area contributed by atoms with Crippen molar-refractivity contribution < 1.29 is 27.0 Å². The van der Waals surface area contributed by atoms with Gasteiger partial charge in [0.1, 0.15) is 16.5 Å². The first-order valence-electron chi connectivity index (χ1n) is 9.20. The van der Waals surface area contributed by atoms with Gasteiger partial charge in [-0.3, -0.25) is 0 Å². The lowest BCUT2D eigenvalue weighted by Gasteiger charge is -2.33. The van der Waals surface area contributed by atoms with E-state index in [1.54, 1.807) is 7.11 Å². The molecule has 9 heteroatoms. The Morgan fingerprint density at radius 1 is 0.966 bits per heavy atom. The lowest BCUT2D eigenvalue weighted by atomic mass is 10.1. The molecule has 7 nitrogen and oxygen atoms in total. The first-order valence-corrected chi connectivity index (χ1v) is 10.7. The summed E-state index contributed by atoms with van der Waals surface area (Å²) in [5.74, 6) is 0.194. The Morgan fingerprint density at radius 3 is 2.10 bits per heavy atom. The maximum absolute atomic E-state index is 14.4. The average molecular weight is 424 g/mol. The molecule has 1 aliphatic heterocycles. The molecule has 1 fully saturated rings. The Labute approximate surface area is 170 Å². The zero-order valence-corrected chi connectivity index (χ0v) is 17.5. The third kappa shape index (κ3) is 4.73. The van der Waals surface area contributed by atoms with Gasteiger partial charge in [-0.05, 0) is 37.1 Å². The number of benzene rings is 2. The van der Waals surface area contributed by atoms with E-state index < -0.39 is 20.7 Å². The van der Waals surface area contributed by atoms with Gasteiger partial charge in [0.2, 0.25) is 10.0 Å². The van der Waals surface area contributed by atoms with E-state index in [4.69, 9.17) is 14.2 Å². The molecule has 0 radical (unpaired) electrons. The summed E-state index contributed by atoms with van der Waals surface area (Å²) < 4.78 is 57.7. The minimum atomic E-state index is -4.03. The summed E-state index contributed by atoms with van der Waals surface area (Å²) in [6.07, 6.45) is 1.22. The molecule has 158 valence electrons. The van der Waals surface area contributed by atoms with Crippen molar-refractivity contribution in [3.8, 4) is 17.2 Å². The van der Waals surface area contributed by atoms with Crippen LogP contribution in [0.2, 0.25) is 0 Å². The first kappa shape index (κ1) is 21.2. The van der Waals surface area contributed by atoms with E-state index in [1.165, 1.54) is 14.2 Å². The number of anilines is 1. The zero-order valence-electron chi connectivity index (χ0n) is 16.6. The van der Waals surface area contributed by atoms with Crippen LogP contribution in [0.25, 0.3) is 0 Å². The Kier molecular flexibility index (Phi) is 6.49. The number of nitrogens with one attached hydrogen (secondary N) is 1. The van der Waals surface area contributed by atoms with Gasteiger partial charge in [-0.1, -0.05) is 0 Å². The fraction of sp³-hybridized carbons (Fsp3) is 0.400. The Hall–Kier alpha value is -2.52. The van der Waals surface area contributed by atoms with Crippen LogP contribution in [0.4, 0.5) is 10.1 Å². The number of rotatable bonds is 7. The Balaban J connectivity index is 1.67. The van der Waals surface area contributed by atoms with Crippen molar-refractivity contribution in [1.29, 1.82) is 0 Å². The molecule has 0 saturated carbocycles. The zero-order chi connectivity index (χ0) is 21.0. The number of nitrogens with zero attached hydrogens (tertiary/aromatic N) is 1.